The van der Waals surface area contributed by atoms with E-state index in [0.29, 0.717) is 18.9 Å². The smallest absolute Gasteiger partial charge is 0.305 e. The summed E-state index contributed by atoms with van der Waals surface area (Å²) in [6.07, 6.45) is 8.12. The highest BCUT2D eigenvalue weighted by atomic mass is 32.2. The maximum atomic E-state index is 12.5. The largest absolute Gasteiger partial charge is 0.481 e. The van der Waals surface area contributed by atoms with Crippen LogP contribution in [0.25, 0.3) is 0 Å². The van der Waals surface area contributed by atoms with Crippen LogP contribution in [0, 0.1) is 5.92 Å². The minimum Gasteiger partial charge on any atom is -0.481 e. The quantitative estimate of drug-likeness (QED) is 0.811. The van der Waals surface area contributed by atoms with Gasteiger partial charge in [0, 0.05) is 24.5 Å². The van der Waals surface area contributed by atoms with Crippen molar-refractivity contribution in [1.82, 2.24) is 4.90 Å². The first-order valence-electron chi connectivity index (χ1n) is 7.76. The van der Waals surface area contributed by atoms with Crippen LogP contribution in [0.15, 0.2) is 0 Å². The van der Waals surface area contributed by atoms with Crippen LogP contribution in [0.1, 0.15) is 51.4 Å². The van der Waals surface area contributed by atoms with E-state index in [-0.39, 0.29) is 18.4 Å². The van der Waals surface area contributed by atoms with Crippen LogP contribution in [0.5, 0.6) is 0 Å². The Morgan fingerprint density at radius 3 is 2.45 bits per heavy atom. The molecule has 0 radical (unpaired) electrons. The first kappa shape index (κ1) is 15.7. The SMILES string of the molecule is O=C(O)CC1CSCCN1C(=O)CC1CCCCCC1. The van der Waals surface area contributed by atoms with Crippen molar-refractivity contribution in [2.24, 2.45) is 5.92 Å². The van der Waals surface area contributed by atoms with Gasteiger partial charge in [0.05, 0.1) is 12.5 Å². The summed E-state index contributed by atoms with van der Waals surface area (Å²) in [7, 11) is 0. The van der Waals surface area contributed by atoms with Crippen molar-refractivity contribution in [3.05, 3.63) is 0 Å². The van der Waals surface area contributed by atoms with Gasteiger partial charge in [-0.1, -0.05) is 25.7 Å². The van der Waals surface area contributed by atoms with Gasteiger partial charge in [-0.25, -0.2) is 0 Å². The summed E-state index contributed by atoms with van der Waals surface area (Å²) >= 11 is 1.76. The number of amides is 1. The molecule has 1 aliphatic heterocycles. The van der Waals surface area contributed by atoms with Gasteiger partial charge < -0.3 is 10.0 Å². The van der Waals surface area contributed by atoms with Crippen molar-refractivity contribution < 1.29 is 14.7 Å². The van der Waals surface area contributed by atoms with Crippen molar-refractivity contribution >= 4 is 23.6 Å². The lowest BCUT2D eigenvalue weighted by Gasteiger charge is -2.35. The second-order valence-corrected chi connectivity index (χ2v) is 7.13. The third-order valence-electron chi connectivity index (χ3n) is 4.40. The van der Waals surface area contributed by atoms with Crippen LogP contribution in [-0.4, -0.2) is 46.0 Å². The standard InChI is InChI=1S/C15H25NO3S/c17-14(9-12-5-3-1-2-4-6-12)16-7-8-20-11-13(16)10-15(18)19/h12-13H,1-11H2,(H,18,19). The van der Waals surface area contributed by atoms with Gasteiger partial charge in [-0.2, -0.15) is 11.8 Å². The summed E-state index contributed by atoms with van der Waals surface area (Å²) in [5.74, 6) is 1.60. The fraction of sp³-hybridized carbons (Fsp3) is 0.867. The average molecular weight is 299 g/mol. The zero-order chi connectivity index (χ0) is 14.4. The number of carboxylic acids is 1. The Bertz CT molecular complexity index is 340. The molecule has 0 aromatic rings. The molecule has 1 saturated carbocycles. The van der Waals surface area contributed by atoms with E-state index in [9.17, 15) is 9.59 Å². The number of carbonyl (C=O) groups excluding carboxylic acids is 1. The van der Waals surface area contributed by atoms with Gasteiger partial charge in [-0.3, -0.25) is 9.59 Å². The zero-order valence-corrected chi connectivity index (χ0v) is 12.9. The first-order chi connectivity index (χ1) is 9.66. The predicted molar refractivity (Wildman–Crippen MR) is 80.9 cm³/mol. The van der Waals surface area contributed by atoms with Gasteiger partial charge in [0.2, 0.25) is 5.91 Å². The molecule has 4 nitrogen and oxygen atoms in total. The lowest BCUT2D eigenvalue weighted by molar-refractivity contribution is -0.140. The molecule has 0 spiro atoms. The molecule has 1 N–H and O–H groups in total. The lowest BCUT2D eigenvalue weighted by Crippen LogP contribution is -2.47. The van der Waals surface area contributed by atoms with Crippen molar-refractivity contribution in [3.63, 3.8) is 0 Å². The summed E-state index contributed by atoms with van der Waals surface area (Å²) in [6.45, 7) is 0.716. The Hall–Kier alpha value is -0.710. The van der Waals surface area contributed by atoms with Crippen LogP contribution in [0.3, 0.4) is 0 Å². The summed E-state index contributed by atoms with van der Waals surface area (Å²) in [6, 6.07) is -0.107. The Kier molecular flexibility index (Phi) is 6.20. The maximum Gasteiger partial charge on any atom is 0.305 e. The molecule has 2 aliphatic rings. The number of aliphatic carboxylic acids is 1. The molecule has 1 atom stereocenters. The van der Waals surface area contributed by atoms with Gasteiger partial charge in [0.25, 0.3) is 0 Å². The van der Waals surface area contributed by atoms with E-state index in [2.05, 4.69) is 0 Å². The first-order valence-corrected chi connectivity index (χ1v) is 8.91. The number of hydrogen-bond acceptors (Lipinski definition) is 3. The monoisotopic (exact) mass is 299 g/mol. The van der Waals surface area contributed by atoms with Crippen LogP contribution in [0.4, 0.5) is 0 Å². The van der Waals surface area contributed by atoms with Gasteiger partial charge in [-0.15, -0.1) is 0 Å². The highest BCUT2D eigenvalue weighted by molar-refractivity contribution is 7.99. The van der Waals surface area contributed by atoms with Gasteiger partial charge in [-0.05, 0) is 18.8 Å². The van der Waals surface area contributed by atoms with E-state index < -0.39 is 5.97 Å². The number of carbonyl (C=O) groups is 2. The molecule has 1 aliphatic carbocycles. The van der Waals surface area contributed by atoms with Crippen LogP contribution >= 0.6 is 11.8 Å². The van der Waals surface area contributed by atoms with Gasteiger partial charge in [0.1, 0.15) is 0 Å². The molecule has 1 amide bonds. The minimum absolute atomic E-state index is 0.0867. The molecule has 20 heavy (non-hydrogen) atoms. The summed E-state index contributed by atoms with van der Waals surface area (Å²) < 4.78 is 0. The molecule has 114 valence electrons. The van der Waals surface area contributed by atoms with Crippen LogP contribution < -0.4 is 0 Å². The van der Waals surface area contributed by atoms with Crippen LogP contribution in [-0.2, 0) is 9.59 Å². The van der Waals surface area contributed by atoms with E-state index in [1.807, 2.05) is 4.90 Å². The Morgan fingerprint density at radius 1 is 1.10 bits per heavy atom. The predicted octanol–water partition coefficient (Wildman–Crippen LogP) is 2.77. The number of carboxylic acid groups (broad SMARTS) is 1. The van der Waals surface area contributed by atoms with Crippen molar-refractivity contribution in [2.45, 2.75) is 57.4 Å². The summed E-state index contributed by atoms with van der Waals surface area (Å²) in [4.78, 5) is 25.3. The molecule has 2 fully saturated rings. The third kappa shape index (κ3) is 4.69. The molecule has 0 aromatic carbocycles. The number of hydrogen-bond donors (Lipinski definition) is 1. The van der Waals surface area contributed by atoms with Crippen molar-refractivity contribution in [3.8, 4) is 0 Å². The van der Waals surface area contributed by atoms with Crippen molar-refractivity contribution in [2.75, 3.05) is 18.1 Å². The van der Waals surface area contributed by atoms with Gasteiger partial charge in [0.15, 0.2) is 0 Å². The molecule has 1 unspecified atom stereocenters. The molecular weight excluding hydrogens is 274 g/mol. The normalized spacial score (nSPS) is 25.2. The zero-order valence-electron chi connectivity index (χ0n) is 12.1. The summed E-state index contributed by atoms with van der Waals surface area (Å²) in [5.41, 5.74) is 0. The second kappa shape index (κ2) is 7.91. The fourth-order valence-electron chi connectivity index (χ4n) is 3.29. The minimum atomic E-state index is -0.801. The van der Waals surface area contributed by atoms with Crippen LogP contribution in [0.2, 0.25) is 0 Å². The molecule has 1 heterocycles. The molecule has 0 aromatic heterocycles. The number of rotatable bonds is 4. The molecular formula is C15H25NO3S. The highest BCUT2D eigenvalue weighted by Crippen LogP contribution is 2.27. The van der Waals surface area contributed by atoms with Crippen molar-refractivity contribution in [1.29, 1.82) is 0 Å². The van der Waals surface area contributed by atoms with E-state index in [0.717, 1.165) is 24.3 Å². The molecule has 5 heteroatoms. The van der Waals surface area contributed by atoms with E-state index in [1.54, 1.807) is 11.8 Å². The van der Waals surface area contributed by atoms with E-state index in [1.165, 1.54) is 25.7 Å². The highest BCUT2D eigenvalue weighted by Gasteiger charge is 2.30. The second-order valence-electron chi connectivity index (χ2n) is 5.98. The molecule has 0 bridgehead atoms. The Morgan fingerprint density at radius 2 is 1.80 bits per heavy atom. The molecule has 1 saturated heterocycles. The third-order valence-corrected chi connectivity index (χ3v) is 5.49. The average Bonchev–Trinajstić information content (AvgIpc) is 2.67. The van der Waals surface area contributed by atoms with E-state index in [4.69, 9.17) is 5.11 Å². The van der Waals surface area contributed by atoms with E-state index >= 15 is 0 Å². The molecule has 2 rings (SSSR count). The number of thioether (sulfide) groups is 1. The fourth-order valence-corrected chi connectivity index (χ4v) is 4.35. The number of nitrogens with zero attached hydrogens (tertiary/aromatic N) is 1. The van der Waals surface area contributed by atoms with Gasteiger partial charge >= 0.3 is 5.97 Å². The Labute approximate surface area is 125 Å². The summed E-state index contributed by atoms with van der Waals surface area (Å²) in [5, 5.41) is 8.98. The maximum absolute atomic E-state index is 12.5. The Balaban J connectivity index is 1.89. The lowest BCUT2D eigenvalue weighted by atomic mass is 9.95. The topological polar surface area (TPSA) is 57.6 Å².